The average Bonchev–Trinajstić information content (AvgIpc) is 2.25. The molecule has 2 unspecified atom stereocenters. The van der Waals surface area contributed by atoms with Crippen LogP contribution in [-0.4, -0.2) is 13.2 Å². The van der Waals surface area contributed by atoms with Gasteiger partial charge in [0.2, 0.25) is 0 Å². The normalized spacial score (nSPS) is 18.6. The van der Waals surface area contributed by atoms with Crippen LogP contribution in [-0.2, 0) is 18.5 Å². The second-order valence-corrected chi connectivity index (χ2v) is 6.24. The van der Waals surface area contributed by atoms with Crippen LogP contribution in [0.25, 0.3) is 0 Å². The summed E-state index contributed by atoms with van der Waals surface area (Å²) in [4.78, 5) is 11.4. The molecule has 0 aromatic carbocycles. The van der Waals surface area contributed by atoms with E-state index in [1.165, 1.54) is 0 Å². The van der Waals surface area contributed by atoms with Crippen molar-refractivity contribution < 1.29 is 18.5 Å². The van der Waals surface area contributed by atoms with E-state index in [2.05, 4.69) is 13.8 Å². The van der Waals surface area contributed by atoms with E-state index in [1.807, 2.05) is 13.8 Å². The minimum Gasteiger partial charge on any atom is -0.285 e. The Morgan fingerprint density at radius 1 is 0.941 bits per heavy atom. The van der Waals surface area contributed by atoms with Gasteiger partial charge in [-0.05, 0) is 24.7 Å². The van der Waals surface area contributed by atoms with E-state index in [-0.39, 0.29) is 25.0 Å². The Labute approximate surface area is 105 Å². The lowest BCUT2D eigenvalue weighted by atomic mass is 10.1. The van der Waals surface area contributed by atoms with Gasteiger partial charge in [0.05, 0.1) is 13.2 Å². The van der Waals surface area contributed by atoms with Crippen LogP contribution in [0.5, 0.6) is 0 Å². The Morgan fingerprint density at radius 2 is 1.29 bits per heavy atom. The lowest BCUT2D eigenvalue weighted by molar-refractivity contribution is 0.101. The molecule has 4 nitrogen and oxygen atoms in total. The summed E-state index contributed by atoms with van der Waals surface area (Å²) in [6.45, 7) is 8.52. The van der Waals surface area contributed by atoms with Crippen LogP contribution in [0.1, 0.15) is 53.4 Å². The standard InChI is InChI=1S/C12H26O4P/c1-5-7-11(3)9-15-17(13,14)16-10-12(4)8-6-2/h11-12H,5-10H2,1-4H3. The number of hydrogen-bond acceptors (Lipinski definition) is 3. The van der Waals surface area contributed by atoms with Gasteiger partial charge in [0.15, 0.2) is 0 Å². The Morgan fingerprint density at radius 3 is 1.59 bits per heavy atom. The van der Waals surface area contributed by atoms with E-state index in [9.17, 15) is 9.46 Å². The molecule has 0 aliphatic rings. The van der Waals surface area contributed by atoms with Crippen molar-refractivity contribution in [1.29, 1.82) is 0 Å². The fourth-order valence-electron chi connectivity index (χ4n) is 1.63. The van der Waals surface area contributed by atoms with Gasteiger partial charge in [-0.15, -0.1) is 4.89 Å². The van der Waals surface area contributed by atoms with Crippen LogP contribution in [0, 0.1) is 11.8 Å². The second-order valence-electron chi connectivity index (χ2n) is 4.83. The first-order valence-corrected chi connectivity index (χ1v) is 7.97. The van der Waals surface area contributed by atoms with Gasteiger partial charge in [-0.2, -0.15) is 0 Å². The maximum atomic E-state index is 11.4. The number of hydrogen-bond donors (Lipinski definition) is 0. The van der Waals surface area contributed by atoms with E-state index in [4.69, 9.17) is 9.05 Å². The van der Waals surface area contributed by atoms with Crippen molar-refractivity contribution in [3.05, 3.63) is 0 Å². The van der Waals surface area contributed by atoms with Gasteiger partial charge in [-0.25, -0.2) is 4.57 Å². The summed E-state index contributed by atoms with van der Waals surface area (Å²) in [7, 11) is -4.10. The van der Waals surface area contributed by atoms with Gasteiger partial charge >= 0.3 is 7.82 Å². The molecule has 0 spiro atoms. The molecular weight excluding hydrogens is 239 g/mol. The van der Waals surface area contributed by atoms with Gasteiger partial charge < -0.3 is 0 Å². The topological polar surface area (TPSA) is 55.4 Å². The summed E-state index contributed by atoms with van der Waals surface area (Å²) in [5.41, 5.74) is 0. The van der Waals surface area contributed by atoms with Crippen molar-refractivity contribution in [2.45, 2.75) is 53.4 Å². The summed E-state index contributed by atoms with van der Waals surface area (Å²) in [5, 5.41) is 0. The zero-order valence-electron chi connectivity index (χ0n) is 11.5. The van der Waals surface area contributed by atoms with Crippen LogP contribution < -0.4 is 0 Å². The molecule has 5 heteroatoms. The highest BCUT2D eigenvalue weighted by molar-refractivity contribution is 7.47. The molecule has 0 amide bonds. The summed E-state index contributed by atoms with van der Waals surface area (Å²) in [5.74, 6) is 0.498. The van der Waals surface area contributed by atoms with E-state index in [0.29, 0.717) is 0 Å². The summed E-state index contributed by atoms with van der Waals surface area (Å²) < 4.78 is 21.1. The first kappa shape index (κ1) is 17.1. The van der Waals surface area contributed by atoms with Gasteiger partial charge in [-0.1, -0.05) is 40.5 Å². The lowest BCUT2D eigenvalue weighted by Crippen LogP contribution is -2.08. The first-order valence-electron chi connectivity index (χ1n) is 6.51. The van der Waals surface area contributed by atoms with Gasteiger partial charge in [0.25, 0.3) is 0 Å². The maximum absolute atomic E-state index is 11.4. The van der Waals surface area contributed by atoms with Crippen molar-refractivity contribution in [3.63, 3.8) is 0 Å². The Kier molecular flexibility index (Phi) is 9.15. The molecule has 0 aliphatic heterocycles. The minimum atomic E-state index is -4.10. The molecule has 0 aromatic heterocycles. The number of rotatable bonds is 10. The van der Waals surface area contributed by atoms with E-state index >= 15 is 0 Å². The molecule has 0 fully saturated rings. The smallest absolute Gasteiger partial charge is 0.285 e. The first-order chi connectivity index (χ1) is 7.91. The lowest BCUT2D eigenvalue weighted by Gasteiger charge is -2.16. The molecule has 0 saturated heterocycles. The molecule has 17 heavy (non-hydrogen) atoms. The molecule has 0 N–H and O–H groups in total. The van der Waals surface area contributed by atoms with E-state index in [0.717, 1.165) is 25.7 Å². The van der Waals surface area contributed by atoms with Gasteiger partial charge in [0.1, 0.15) is 0 Å². The predicted octanol–water partition coefficient (Wildman–Crippen LogP) is 4.43. The summed E-state index contributed by atoms with van der Waals surface area (Å²) in [6, 6.07) is 0. The molecule has 1 radical (unpaired) electrons. The highest BCUT2D eigenvalue weighted by Gasteiger charge is 2.25. The third kappa shape index (κ3) is 9.78. The van der Waals surface area contributed by atoms with Crippen molar-refractivity contribution in [2.24, 2.45) is 11.8 Å². The van der Waals surface area contributed by atoms with Crippen LogP contribution in [0.2, 0.25) is 0 Å². The Hall–Kier alpha value is 0.110. The fraction of sp³-hybridized carbons (Fsp3) is 1.00. The maximum Gasteiger partial charge on any atom is 0.502 e. The molecule has 2 atom stereocenters. The zero-order valence-corrected chi connectivity index (χ0v) is 12.4. The van der Waals surface area contributed by atoms with Crippen LogP contribution in [0.15, 0.2) is 0 Å². The molecule has 0 rings (SSSR count). The van der Waals surface area contributed by atoms with Crippen LogP contribution >= 0.6 is 7.82 Å². The monoisotopic (exact) mass is 265 g/mol. The van der Waals surface area contributed by atoms with Crippen molar-refractivity contribution in [2.75, 3.05) is 13.2 Å². The molecule has 0 heterocycles. The highest BCUT2D eigenvalue weighted by Crippen LogP contribution is 2.45. The van der Waals surface area contributed by atoms with Gasteiger partial charge in [0, 0.05) is 0 Å². The molecule has 0 saturated carbocycles. The third-order valence-electron chi connectivity index (χ3n) is 2.60. The molecule has 0 aromatic rings. The zero-order chi connectivity index (χ0) is 13.3. The summed E-state index contributed by atoms with van der Waals surface area (Å²) in [6.07, 6.45) is 3.99. The van der Waals surface area contributed by atoms with Crippen LogP contribution in [0.3, 0.4) is 0 Å². The largest absolute Gasteiger partial charge is 0.502 e. The van der Waals surface area contributed by atoms with Crippen molar-refractivity contribution in [3.8, 4) is 0 Å². The quantitative estimate of drug-likeness (QED) is 0.549. The molecule has 0 aliphatic carbocycles. The Bertz CT molecular complexity index is 213. The highest BCUT2D eigenvalue weighted by atomic mass is 31.2. The van der Waals surface area contributed by atoms with Crippen molar-refractivity contribution in [1.82, 2.24) is 0 Å². The van der Waals surface area contributed by atoms with E-state index < -0.39 is 7.82 Å². The SMILES string of the molecule is CCCC(C)COP([O])(=O)OCC(C)CCC. The molecule has 0 bridgehead atoms. The van der Waals surface area contributed by atoms with Crippen molar-refractivity contribution >= 4 is 7.82 Å². The van der Waals surface area contributed by atoms with Crippen LogP contribution in [0.4, 0.5) is 0 Å². The van der Waals surface area contributed by atoms with Gasteiger partial charge in [-0.3, -0.25) is 9.05 Å². The predicted molar refractivity (Wildman–Crippen MR) is 68.3 cm³/mol. The minimum absolute atomic E-state index is 0.219. The average molecular weight is 265 g/mol. The van der Waals surface area contributed by atoms with E-state index in [1.54, 1.807) is 0 Å². The molecule has 103 valence electrons. The Balaban J connectivity index is 3.83. The third-order valence-corrected chi connectivity index (χ3v) is 3.53. The summed E-state index contributed by atoms with van der Waals surface area (Å²) >= 11 is 0. The second kappa shape index (κ2) is 9.09. The molecular formula is C12H26O4P. The fourth-order valence-corrected chi connectivity index (χ4v) is 2.58.